The first-order chi connectivity index (χ1) is 13.7. The highest BCUT2D eigenvalue weighted by atomic mass is 16.5. The number of aryl methyl sites for hydroxylation is 1. The highest BCUT2D eigenvalue weighted by molar-refractivity contribution is 5.93. The highest BCUT2D eigenvalue weighted by Crippen LogP contribution is 2.31. The quantitative estimate of drug-likeness (QED) is 0.738. The second-order valence-corrected chi connectivity index (χ2v) is 7.28. The van der Waals surface area contributed by atoms with E-state index in [1.54, 1.807) is 0 Å². The molecule has 2 aromatic carbocycles. The SMILES string of the molecule is CN[C@@H]1CCN(c2cc(C)nc3cc(OCc4ccc(C#N)cc4)ccc23)C1. The number of nitriles is 1. The summed E-state index contributed by atoms with van der Waals surface area (Å²) in [6.45, 7) is 4.58. The van der Waals surface area contributed by atoms with E-state index in [9.17, 15) is 0 Å². The monoisotopic (exact) mass is 372 g/mol. The van der Waals surface area contributed by atoms with Gasteiger partial charge in [-0.15, -0.1) is 0 Å². The van der Waals surface area contributed by atoms with E-state index >= 15 is 0 Å². The van der Waals surface area contributed by atoms with Crippen molar-refractivity contribution in [1.29, 1.82) is 5.26 Å². The molecule has 0 amide bonds. The van der Waals surface area contributed by atoms with Crippen LogP contribution in [0.3, 0.4) is 0 Å². The fraction of sp³-hybridized carbons (Fsp3) is 0.304. The largest absolute Gasteiger partial charge is 0.489 e. The number of ether oxygens (including phenoxy) is 1. The summed E-state index contributed by atoms with van der Waals surface area (Å²) >= 11 is 0. The second-order valence-electron chi connectivity index (χ2n) is 7.28. The van der Waals surface area contributed by atoms with E-state index in [1.165, 1.54) is 5.69 Å². The summed E-state index contributed by atoms with van der Waals surface area (Å²) in [5.74, 6) is 0.801. The van der Waals surface area contributed by atoms with Gasteiger partial charge in [0.1, 0.15) is 12.4 Å². The predicted octanol–water partition coefficient (Wildman–Crippen LogP) is 3.79. The maximum absolute atomic E-state index is 8.89. The molecule has 1 N–H and O–H groups in total. The summed E-state index contributed by atoms with van der Waals surface area (Å²) in [6, 6.07) is 18.5. The van der Waals surface area contributed by atoms with Crippen LogP contribution in [0.25, 0.3) is 10.9 Å². The molecule has 4 rings (SSSR count). The Bertz CT molecular complexity index is 1020. The Morgan fingerprint density at radius 1 is 1.21 bits per heavy atom. The lowest BCUT2D eigenvalue weighted by Crippen LogP contribution is -2.29. The van der Waals surface area contributed by atoms with Crippen LogP contribution in [0.5, 0.6) is 5.75 Å². The number of anilines is 1. The van der Waals surface area contributed by atoms with Gasteiger partial charge in [0.25, 0.3) is 0 Å². The predicted molar refractivity (Wildman–Crippen MR) is 112 cm³/mol. The van der Waals surface area contributed by atoms with Crippen LogP contribution in [0.4, 0.5) is 5.69 Å². The van der Waals surface area contributed by atoms with Crippen LogP contribution in [-0.2, 0) is 6.61 Å². The van der Waals surface area contributed by atoms with Gasteiger partial charge in [0.2, 0.25) is 0 Å². The average Bonchev–Trinajstić information content (AvgIpc) is 3.21. The molecule has 1 aliphatic rings. The van der Waals surface area contributed by atoms with E-state index in [2.05, 4.69) is 28.4 Å². The van der Waals surface area contributed by atoms with Gasteiger partial charge in [-0.25, -0.2) is 0 Å². The Balaban J connectivity index is 1.56. The molecule has 1 aromatic heterocycles. The maximum Gasteiger partial charge on any atom is 0.122 e. The Morgan fingerprint density at radius 3 is 2.75 bits per heavy atom. The summed E-state index contributed by atoms with van der Waals surface area (Å²) in [5.41, 5.74) is 4.91. The smallest absolute Gasteiger partial charge is 0.122 e. The normalized spacial score (nSPS) is 16.3. The number of aromatic nitrogens is 1. The minimum atomic E-state index is 0.464. The van der Waals surface area contributed by atoms with Crippen molar-refractivity contribution >= 4 is 16.6 Å². The van der Waals surface area contributed by atoms with Crippen molar-refractivity contribution < 1.29 is 4.74 Å². The lowest BCUT2D eigenvalue weighted by atomic mass is 10.1. The van der Waals surface area contributed by atoms with E-state index < -0.39 is 0 Å². The van der Waals surface area contributed by atoms with Crippen LogP contribution < -0.4 is 15.0 Å². The number of benzene rings is 2. The zero-order valence-corrected chi connectivity index (χ0v) is 16.3. The van der Waals surface area contributed by atoms with Crippen molar-refractivity contribution in [2.24, 2.45) is 0 Å². The number of rotatable bonds is 5. The number of likely N-dealkylation sites (N-methyl/N-ethyl adjacent to an activating group) is 1. The third-order valence-electron chi connectivity index (χ3n) is 5.31. The van der Waals surface area contributed by atoms with Gasteiger partial charge in [-0.1, -0.05) is 12.1 Å². The van der Waals surface area contributed by atoms with Crippen molar-refractivity contribution in [3.8, 4) is 11.8 Å². The Morgan fingerprint density at radius 2 is 2.04 bits per heavy atom. The van der Waals surface area contributed by atoms with Crippen molar-refractivity contribution in [3.05, 3.63) is 65.4 Å². The summed E-state index contributed by atoms with van der Waals surface area (Å²) in [7, 11) is 2.03. The van der Waals surface area contributed by atoms with E-state index in [0.717, 1.165) is 47.4 Å². The van der Waals surface area contributed by atoms with Gasteiger partial charge in [0.05, 0.1) is 17.1 Å². The first kappa shape index (κ1) is 18.3. The molecular formula is C23H24N4O. The molecule has 5 nitrogen and oxygen atoms in total. The number of nitrogens with zero attached hydrogens (tertiary/aromatic N) is 3. The first-order valence-electron chi connectivity index (χ1n) is 9.62. The van der Waals surface area contributed by atoms with E-state index in [4.69, 9.17) is 15.0 Å². The standard InChI is InChI=1S/C23H24N4O/c1-16-11-23(27-10-9-19(14-27)25-2)21-8-7-20(12-22(21)26-16)28-15-18-5-3-17(13-24)4-6-18/h3-8,11-12,19,25H,9-10,14-15H2,1-2H3/t19-/m1/s1. The summed E-state index contributed by atoms with van der Waals surface area (Å²) in [4.78, 5) is 7.17. The van der Waals surface area contributed by atoms with E-state index in [-0.39, 0.29) is 0 Å². The van der Waals surface area contributed by atoms with Crippen molar-refractivity contribution in [3.63, 3.8) is 0 Å². The molecule has 142 valence electrons. The number of hydrogen-bond acceptors (Lipinski definition) is 5. The second kappa shape index (κ2) is 7.87. The zero-order chi connectivity index (χ0) is 19.5. The molecule has 0 radical (unpaired) electrons. The molecule has 0 saturated carbocycles. The highest BCUT2D eigenvalue weighted by Gasteiger charge is 2.23. The molecule has 28 heavy (non-hydrogen) atoms. The maximum atomic E-state index is 8.89. The van der Waals surface area contributed by atoms with Gasteiger partial charge in [0, 0.05) is 42.0 Å². The van der Waals surface area contributed by atoms with Crippen LogP contribution in [0.15, 0.2) is 48.5 Å². The third-order valence-corrected chi connectivity index (χ3v) is 5.31. The minimum absolute atomic E-state index is 0.464. The fourth-order valence-corrected chi connectivity index (χ4v) is 3.73. The molecule has 2 heterocycles. The summed E-state index contributed by atoms with van der Waals surface area (Å²) in [5, 5.41) is 13.4. The molecule has 0 unspecified atom stereocenters. The van der Waals surface area contributed by atoms with Crippen molar-refractivity contribution in [1.82, 2.24) is 10.3 Å². The molecule has 5 heteroatoms. The molecule has 0 spiro atoms. The van der Waals surface area contributed by atoms with Gasteiger partial charge in [0.15, 0.2) is 0 Å². The Kier molecular flexibility index (Phi) is 5.14. The lowest BCUT2D eigenvalue weighted by molar-refractivity contribution is 0.306. The van der Waals surface area contributed by atoms with Crippen molar-refractivity contribution in [2.45, 2.75) is 26.0 Å². The van der Waals surface area contributed by atoms with E-state index in [1.807, 2.05) is 50.4 Å². The third kappa shape index (κ3) is 3.78. The Hall–Kier alpha value is -3.10. The van der Waals surface area contributed by atoms with Crippen LogP contribution in [-0.4, -0.2) is 31.2 Å². The lowest BCUT2D eigenvalue weighted by Gasteiger charge is -2.21. The average molecular weight is 372 g/mol. The molecule has 1 atom stereocenters. The number of pyridine rings is 1. The number of fused-ring (bicyclic) bond motifs is 1. The molecule has 0 bridgehead atoms. The van der Waals surface area contributed by atoms with Crippen LogP contribution in [0, 0.1) is 18.3 Å². The zero-order valence-electron chi connectivity index (χ0n) is 16.3. The molecule has 1 fully saturated rings. The van der Waals surface area contributed by atoms with Crippen LogP contribution in [0.2, 0.25) is 0 Å². The van der Waals surface area contributed by atoms with Gasteiger partial charge < -0.3 is 15.0 Å². The molecule has 1 aliphatic heterocycles. The van der Waals surface area contributed by atoms with Crippen molar-refractivity contribution in [2.75, 3.05) is 25.0 Å². The van der Waals surface area contributed by atoms with Crippen LogP contribution in [0.1, 0.15) is 23.2 Å². The van der Waals surface area contributed by atoms with E-state index in [0.29, 0.717) is 18.2 Å². The summed E-state index contributed by atoms with van der Waals surface area (Å²) in [6.07, 6.45) is 1.16. The number of hydrogen-bond donors (Lipinski definition) is 1. The van der Waals surface area contributed by atoms with Crippen LogP contribution >= 0.6 is 0 Å². The van der Waals surface area contributed by atoms with Gasteiger partial charge >= 0.3 is 0 Å². The fourth-order valence-electron chi connectivity index (χ4n) is 3.73. The minimum Gasteiger partial charge on any atom is -0.489 e. The molecule has 3 aromatic rings. The topological polar surface area (TPSA) is 61.2 Å². The number of nitrogens with one attached hydrogen (secondary N) is 1. The van der Waals surface area contributed by atoms with Gasteiger partial charge in [-0.3, -0.25) is 4.98 Å². The molecule has 1 saturated heterocycles. The molecule has 0 aliphatic carbocycles. The van der Waals surface area contributed by atoms with Gasteiger partial charge in [-0.05, 0) is 56.3 Å². The molecular weight excluding hydrogens is 348 g/mol. The Labute approximate surface area is 165 Å². The van der Waals surface area contributed by atoms with Gasteiger partial charge in [-0.2, -0.15) is 5.26 Å². The summed E-state index contributed by atoms with van der Waals surface area (Å²) < 4.78 is 5.97. The first-order valence-corrected chi connectivity index (χ1v) is 9.62.